The van der Waals surface area contributed by atoms with E-state index in [2.05, 4.69) is 15.2 Å². The molecule has 0 spiro atoms. The minimum absolute atomic E-state index is 0.0439. The zero-order chi connectivity index (χ0) is 27.8. The number of thiazole rings is 1. The molecule has 3 aromatic rings. The van der Waals surface area contributed by atoms with Gasteiger partial charge >= 0.3 is 0 Å². The second-order valence-corrected chi connectivity index (χ2v) is 11.9. The summed E-state index contributed by atoms with van der Waals surface area (Å²) in [4.78, 5) is 45.9. The first-order valence-electron chi connectivity index (χ1n) is 13.6. The molecule has 0 radical (unpaired) electrons. The lowest BCUT2D eigenvalue weighted by Crippen LogP contribution is -2.42. The van der Waals surface area contributed by atoms with Gasteiger partial charge in [-0.05, 0) is 50.1 Å². The molecule has 0 saturated carbocycles. The van der Waals surface area contributed by atoms with Crippen molar-refractivity contribution in [2.24, 2.45) is 5.92 Å². The van der Waals surface area contributed by atoms with Crippen LogP contribution in [0.15, 0.2) is 60.2 Å². The molecular formula is C31H36ClN3O3S. The van der Waals surface area contributed by atoms with Crippen molar-refractivity contribution >= 4 is 50.6 Å². The molecule has 2 heterocycles. The zero-order valence-corrected chi connectivity index (χ0v) is 24.2. The average molecular weight is 566 g/mol. The van der Waals surface area contributed by atoms with Gasteiger partial charge in [-0.2, -0.15) is 0 Å². The third-order valence-corrected chi connectivity index (χ3v) is 8.42. The van der Waals surface area contributed by atoms with E-state index < -0.39 is 5.92 Å². The summed E-state index contributed by atoms with van der Waals surface area (Å²) in [5.74, 6) is -0.515. The molecule has 1 N–H and O–H groups in total. The van der Waals surface area contributed by atoms with Gasteiger partial charge in [0.2, 0.25) is 5.91 Å². The molecular weight excluding hydrogens is 530 g/mol. The Hall–Kier alpha value is -2.87. The number of fused-ring (bicyclic) bond motifs is 1. The predicted octanol–water partition coefficient (Wildman–Crippen LogP) is 5.82. The van der Waals surface area contributed by atoms with E-state index in [1.165, 1.54) is 11.3 Å². The van der Waals surface area contributed by atoms with Gasteiger partial charge in [0.05, 0.1) is 21.1 Å². The number of benzene rings is 2. The van der Waals surface area contributed by atoms with Gasteiger partial charge in [-0.1, -0.05) is 54.9 Å². The lowest BCUT2D eigenvalue weighted by Gasteiger charge is -2.24. The molecule has 1 aromatic heterocycles. The van der Waals surface area contributed by atoms with Crippen molar-refractivity contribution in [2.45, 2.75) is 57.9 Å². The normalized spacial score (nSPS) is 15.5. The summed E-state index contributed by atoms with van der Waals surface area (Å²) in [7, 11) is 2.02. The van der Waals surface area contributed by atoms with Crippen LogP contribution < -0.4 is 5.32 Å². The Morgan fingerprint density at radius 2 is 1.92 bits per heavy atom. The minimum atomic E-state index is -0.530. The second-order valence-electron chi connectivity index (χ2n) is 10.3. The molecule has 0 fully saturated rings. The highest BCUT2D eigenvalue weighted by Crippen LogP contribution is 2.28. The molecule has 0 aliphatic carbocycles. The highest BCUT2D eigenvalue weighted by atomic mass is 35.5. The third-order valence-electron chi connectivity index (χ3n) is 7.15. The first-order chi connectivity index (χ1) is 18.8. The molecule has 2 aromatic carbocycles. The van der Waals surface area contributed by atoms with Crippen LogP contribution in [-0.2, 0) is 27.2 Å². The van der Waals surface area contributed by atoms with Crippen molar-refractivity contribution < 1.29 is 14.4 Å². The summed E-state index contributed by atoms with van der Waals surface area (Å²) in [6, 6.07) is 15.3. The predicted molar refractivity (Wildman–Crippen MR) is 158 cm³/mol. The maximum Gasteiger partial charge on any atom is 0.224 e. The lowest BCUT2D eigenvalue weighted by molar-refractivity contribution is -0.130. The van der Waals surface area contributed by atoms with Crippen LogP contribution in [-0.4, -0.2) is 53.5 Å². The molecule has 1 aliphatic heterocycles. The van der Waals surface area contributed by atoms with Crippen molar-refractivity contribution in [3.63, 3.8) is 0 Å². The van der Waals surface area contributed by atoms with Crippen LogP contribution in [0.5, 0.6) is 0 Å². The van der Waals surface area contributed by atoms with Crippen LogP contribution in [0.1, 0.15) is 49.6 Å². The van der Waals surface area contributed by atoms with Gasteiger partial charge in [-0.15, -0.1) is 11.3 Å². The Kier molecular flexibility index (Phi) is 10.4. The number of hydrogen-bond donors (Lipinski definition) is 1. The number of aromatic nitrogens is 1. The van der Waals surface area contributed by atoms with Gasteiger partial charge < -0.3 is 10.2 Å². The number of carbonyl (C=O) groups excluding carboxylic acids is 3. The number of nitrogens with one attached hydrogen (secondary N) is 1. The monoisotopic (exact) mass is 565 g/mol. The summed E-state index contributed by atoms with van der Waals surface area (Å²) in [5.41, 5.74) is 2.79. The molecule has 1 amide bonds. The number of hydrogen-bond acceptors (Lipinski definition) is 6. The minimum Gasteiger partial charge on any atom is -0.353 e. The van der Waals surface area contributed by atoms with Crippen LogP contribution in [0.3, 0.4) is 0 Å². The SMILES string of the molecule is CCC(=O)C[C@@H](Cc1nc2ccc(Cl)cc2s1)C(=O)N[C@H](CCC(=O)C1=CCCN(C)C1)Cc1ccccc1. The number of halogens is 1. The maximum absolute atomic E-state index is 13.6. The molecule has 4 rings (SSSR count). The molecule has 1 aliphatic rings. The molecule has 39 heavy (non-hydrogen) atoms. The summed E-state index contributed by atoms with van der Waals surface area (Å²) in [6.07, 6.45) is 5.37. The van der Waals surface area contributed by atoms with Crippen LogP contribution in [0.25, 0.3) is 10.2 Å². The fourth-order valence-electron chi connectivity index (χ4n) is 4.93. The number of nitrogens with zero attached hydrogens (tertiary/aromatic N) is 2. The second kappa shape index (κ2) is 14.0. The summed E-state index contributed by atoms with van der Waals surface area (Å²) in [6.45, 7) is 3.45. The standard InChI is InChI=1S/C31H36ClN3O3S/c1-3-26(36)17-23(18-30-34-27-13-11-24(32)19-29(27)39-30)31(38)33-25(16-21-8-5-4-6-9-21)12-14-28(37)22-10-7-15-35(2)20-22/h4-6,8-11,13,19,23,25H,3,7,12,14-18,20H2,1-2H3,(H,33,38)/t23-,25+/m0/s1. The van der Waals surface area contributed by atoms with E-state index in [1.54, 1.807) is 6.07 Å². The van der Waals surface area contributed by atoms with Crippen LogP contribution in [0.2, 0.25) is 5.02 Å². The van der Waals surface area contributed by atoms with E-state index in [0.29, 0.717) is 43.7 Å². The Bertz CT molecular complexity index is 1340. The summed E-state index contributed by atoms with van der Waals surface area (Å²) < 4.78 is 0.960. The molecule has 8 heteroatoms. The van der Waals surface area contributed by atoms with Crippen molar-refractivity contribution in [1.29, 1.82) is 0 Å². The fourth-order valence-corrected chi connectivity index (χ4v) is 6.25. The molecule has 206 valence electrons. The van der Waals surface area contributed by atoms with Gasteiger partial charge in [0.25, 0.3) is 0 Å². The first kappa shape index (κ1) is 29.1. The molecule has 0 bridgehead atoms. The van der Waals surface area contributed by atoms with E-state index in [9.17, 15) is 14.4 Å². The maximum atomic E-state index is 13.6. The van der Waals surface area contributed by atoms with E-state index in [4.69, 9.17) is 11.6 Å². The van der Waals surface area contributed by atoms with Crippen LogP contribution in [0, 0.1) is 5.92 Å². The highest BCUT2D eigenvalue weighted by Gasteiger charge is 2.26. The van der Waals surface area contributed by atoms with Crippen molar-refractivity contribution in [3.05, 3.63) is 75.8 Å². The van der Waals surface area contributed by atoms with Crippen molar-refractivity contribution in [3.8, 4) is 0 Å². The van der Waals surface area contributed by atoms with E-state index in [1.807, 2.05) is 62.5 Å². The molecule has 0 unspecified atom stereocenters. The van der Waals surface area contributed by atoms with E-state index >= 15 is 0 Å². The topological polar surface area (TPSA) is 79.4 Å². The number of likely N-dealkylation sites (N-methyl/N-ethyl adjacent to an activating group) is 1. The van der Waals surface area contributed by atoms with Crippen molar-refractivity contribution in [1.82, 2.24) is 15.2 Å². The molecule has 0 saturated heterocycles. The third kappa shape index (κ3) is 8.56. The lowest BCUT2D eigenvalue weighted by atomic mass is 9.94. The Labute approximate surface area is 239 Å². The number of carbonyl (C=O) groups is 3. The quantitative estimate of drug-likeness (QED) is 0.283. The summed E-state index contributed by atoms with van der Waals surface area (Å²) >= 11 is 7.65. The van der Waals surface area contributed by atoms with Crippen molar-refractivity contribution in [2.75, 3.05) is 20.1 Å². The van der Waals surface area contributed by atoms with Gasteiger partial charge in [0.15, 0.2) is 5.78 Å². The first-order valence-corrected chi connectivity index (χ1v) is 14.8. The fraction of sp³-hybridized carbons (Fsp3) is 0.419. The van der Waals surface area contributed by atoms with Gasteiger partial charge in [-0.25, -0.2) is 4.98 Å². The number of ketones is 2. The average Bonchev–Trinajstić information content (AvgIpc) is 3.33. The van der Waals surface area contributed by atoms with Gasteiger partial charge in [0, 0.05) is 55.4 Å². The Morgan fingerprint density at radius 3 is 2.67 bits per heavy atom. The van der Waals surface area contributed by atoms with Gasteiger partial charge in [-0.3, -0.25) is 14.4 Å². The smallest absolute Gasteiger partial charge is 0.224 e. The number of Topliss-reactive ketones (excluding diaryl/α,β-unsaturated/α-hetero) is 2. The summed E-state index contributed by atoms with van der Waals surface area (Å²) in [5, 5.41) is 4.65. The Morgan fingerprint density at radius 1 is 1.13 bits per heavy atom. The number of rotatable bonds is 13. The number of amides is 1. The van der Waals surface area contributed by atoms with Crippen LogP contribution >= 0.6 is 22.9 Å². The largest absolute Gasteiger partial charge is 0.353 e. The molecule has 2 atom stereocenters. The Balaban J connectivity index is 1.49. The van der Waals surface area contributed by atoms with E-state index in [0.717, 1.165) is 39.3 Å². The van der Waals surface area contributed by atoms with Gasteiger partial charge in [0.1, 0.15) is 5.78 Å². The zero-order valence-electron chi connectivity index (χ0n) is 22.6. The highest BCUT2D eigenvalue weighted by molar-refractivity contribution is 7.18. The molecule has 6 nitrogen and oxygen atoms in total. The van der Waals surface area contributed by atoms with Crippen LogP contribution in [0.4, 0.5) is 0 Å². The van der Waals surface area contributed by atoms with E-state index in [-0.39, 0.29) is 29.9 Å².